The molecule has 111 heavy (non-hydrogen) atoms. The summed E-state index contributed by atoms with van der Waals surface area (Å²) in [6.07, 6.45) is 0. The number of hydrogen-bond acceptors (Lipinski definition) is 6. The highest BCUT2D eigenvalue weighted by Crippen LogP contribution is 2.58. The monoisotopic (exact) mass is 1460 g/mol. The number of fused-ring (bicyclic) bond motifs is 10. The van der Waals surface area contributed by atoms with E-state index in [1.807, 2.05) is 0 Å². The third-order valence-corrected chi connectivity index (χ3v) is 25.6. The molecule has 7 aliphatic heterocycles. The van der Waals surface area contributed by atoms with Crippen LogP contribution in [0.1, 0.15) is 237 Å². The van der Waals surface area contributed by atoms with Crippen molar-refractivity contribution < 1.29 is 4.74 Å². The predicted molar refractivity (Wildman–Crippen MR) is 482 cm³/mol. The van der Waals surface area contributed by atoms with E-state index in [1.165, 1.54) is 167 Å². The highest BCUT2D eigenvalue weighted by Gasteiger charge is 2.56. The summed E-state index contributed by atoms with van der Waals surface area (Å²) in [6, 6.07) is 76.3. The largest absolute Gasteiger partial charge is 0.453 e. The van der Waals surface area contributed by atoms with Crippen molar-refractivity contribution in [1.29, 1.82) is 0 Å². The molecule has 0 saturated carbocycles. The highest BCUT2D eigenvalue weighted by molar-refractivity contribution is 7.06. The van der Waals surface area contributed by atoms with E-state index in [0.717, 1.165) is 28.6 Å². The van der Waals surface area contributed by atoms with E-state index >= 15 is 0 Å². The Hall–Kier alpha value is -9.59. The molecule has 9 heteroatoms. The second kappa shape index (κ2) is 23.5. The Morgan fingerprint density at radius 2 is 0.450 bits per heavy atom. The van der Waals surface area contributed by atoms with E-state index in [-0.39, 0.29) is 68.9 Å². The zero-order valence-corrected chi connectivity index (χ0v) is 71.3. The quantitative estimate of drug-likeness (QED) is 0.163. The topological polar surface area (TPSA) is 25.4 Å². The van der Waals surface area contributed by atoms with Crippen LogP contribution in [0.2, 0.25) is 0 Å². The molecular formula is C102H112B3N5O. The molecule has 11 aromatic rings. The van der Waals surface area contributed by atoms with Gasteiger partial charge in [0.15, 0.2) is 11.5 Å². The molecule has 18 rings (SSSR count). The standard InChI is InChI=1S/C102H112B3N5O/c1-94(2,3)59-42-60(95(4,5)6)47-68(46-59)106-79-39-31-29-35-73(79)104-76-56-77-81(57-80(76)108(83-55-67(102(25,26)27)54-82(106)88(83)104)70-50-63(98(13,14)15)44-64(51-70)99(16,17)18)109(71-52-65(100(19,20)21)45-66(53-71)101(22,23)24)85-58-84-89-93-90(85)105(77)75-37-33-41-87-92(75)110(93)91-74(36-32-40-86(91)111-87)103(89)72-34-28-30-38-78(72)107(84)69-48-61(96(7,8)9)43-62(49-69)97(10,11)12/h28-58H,1-27H3. The van der Waals surface area contributed by atoms with Gasteiger partial charge in [-0.05, 0) is 245 Å². The summed E-state index contributed by atoms with van der Waals surface area (Å²) in [7, 11) is 0. The number of para-hydroxylation sites is 4. The lowest BCUT2D eigenvalue weighted by molar-refractivity contribution is 0.478. The Morgan fingerprint density at radius 1 is 0.198 bits per heavy atom. The SMILES string of the molecule is CC(C)(C)c1cc(N2c3ccccc3B3c4cc5c(cc4N(c4cc(C(C)(C)C)cc(C(C)(C)C)c4)c4cc(C(C)(C)C)cc2c43)N(c2cc(C(C)(C)C)cc(C(C)(C)C)c2)c2cc3c4c6c2B5c2cccc5c2N6c2c(cccc2B4c2ccccc2N3c2cc(C(C)(C)C)cc(C(C)(C)C)c2)O5)cc(C(C)(C)C)c1. The van der Waals surface area contributed by atoms with Crippen LogP contribution in [-0.2, 0) is 48.7 Å². The first-order valence-corrected chi connectivity index (χ1v) is 41.1. The van der Waals surface area contributed by atoms with Crippen molar-refractivity contribution in [3.05, 3.63) is 238 Å². The maximum absolute atomic E-state index is 7.48. The van der Waals surface area contributed by atoms with Crippen LogP contribution >= 0.6 is 0 Å². The minimum absolute atomic E-state index is 0.115. The van der Waals surface area contributed by atoms with E-state index in [2.05, 4.69) is 399 Å². The van der Waals surface area contributed by atoms with Crippen molar-refractivity contribution in [3.63, 3.8) is 0 Å². The molecule has 0 N–H and O–H groups in total. The minimum Gasteiger partial charge on any atom is -0.453 e. The van der Waals surface area contributed by atoms with Crippen LogP contribution in [0.5, 0.6) is 11.5 Å². The summed E-state index contributed by atoms with van der Waals surface area (Å²) >= 11 is 0. The molecule has 0 unspecified atom stereocenters. The summed E-state index contributed by atoms with van der Waals surface area (Å²) in [5.74, 6) is 1.77. The van der Waals surface area contributed by atoms with Gasteiger partial charge in [0.1, 0.15) is 0 Å². The summed E-state index contributed by atoms with van der Waals surface area (Å²) in [5, 5.41) is 0. The third kappa shape index (κ3) is 11.2. The van der Waals surface area contributed by atoms with Crippen molar-refractivity contribution in [2.24, 2.45) is 0 Å². The van der Waals surface area contributed by atoms with Gasteiger partial charge in [0.25, 0.3) is 20.1 Å². The average Bonchev–Trinajstić information content (AvgIpc) is 0.659. The van der Waals surface area contributed by atoms with E-state index < -0.39 is 0 Å². The Bertz CT molecular complexity index is 5700. The lowest BCUT2D eigenvalue weighted by atomic mass is 9.27. The second-order valence-corrected chi connectivity index (χ2v) is 42.9. The van der Waals surface area contributed by atoms with Crippen LogP contribution in [0.4, 0.5) is 85.3 Å². The number of benzene rings is 11. The highest BCUT2D eigenvalue weighted by atomic mass is 16.5. The summed E-state index contributed by atoms with van der Waals surface area (Å²) < 4.78 is 7.48. The van der Waals surface area contributed by atoms with Crippen molar-refractivity contribution in [1.82, 2.24) is 0 Å². The van der Waals surface area contributed by atoms with Gasteiger partial charge < -0.3 is 29.2 Å². The first kappa shape index (κ1) is 72.9. The molecule has 0 amide bonds. The lowest BCUT2D eigenvalue weighted by Crippen LogP contribution is -2.69. The maximum atomic E-state index is 7.48. The molecule has 0 radical (unpaired) electrons. The van der Waals surface area contributed by atoms with Gasteiger partial charge in [-0.2, -0.15) is 0 Å². The van der Waals surface area contributed by atoms with Crippen LogP contribution in [-0.4, -0.2) is 20.1 Å². The predicted octanol–water partition coefficient (Wildman–Crippen LogP) is 22.2. The van der Waals surface area contributed by atoms with Gasteiger partial charge in [-0.3, -0.25) is 0 Å². The number of hydrogen-bond donors (Lipinski definition) is 0. The number of anilines is 15. The zero-order chi connectivity index (χ0) is 79.0. The molecular weight excluding hydrogens is 1340 g/mol. The van der Waals surface area contributed by atoms with Gasteiger partial charge in [-0.15, -0.1) is 0 Å². The fraction of sp³-hybridized carbons (Fsp3) is 0.353. The van der Waals surface area contributed by atoms with Gasteiger partial charge in [-0.25, -0.2) is 0 Å². The molecule has 11 aromatic carbocycles. The van der Waals surface area contributed by atoms with E-state index in [9.17, 15) is 0 Å². The van der Waals surface area contributed by atoms with Crippen molar-refractivity contribution >= 4 is 155 Å². The molecule has 7 aliphatic rings. The summed E-state index contributed by atoms with van der Waals surface area (Å²) in [5.41, 5.74) is 39.9. The van der Waals surface area contributed by atoms with Gasteiger partial charge in [0.2, 0.25) is 0 Å². The second-order valence-electron chi connectivity index (χ2n) is 42.9. The van der Waals surface area contributed by atoms with E-state index in [0.29, 0.717) is 0 Å². The Morgan fingerprint density at radius 3 is 0.766 bits per heavy atom. The maximum Gasteiger partial charge on any atom is 0.252 e. The lowest BCUT2D eigenvalue weighted by Gasteiger charge is -2.53. The van der Waals surface area contributed by atoms with Gasteiger partial charge >= 0.3 is 0 Å². The molecule has 0 aromatic heterocycles. The number of ether oxygens (including phenoxy) is 1. The summed E-state index contributed by atoms with van der Waals surface area (Å²) in [4.78, 5) is 13.6. The van der Waals surface area contributed by atoms with Crippen LogP contribution < -0.4 is 78.4 Å². The summed E-state index contributed by atoms with van der Waals surface area (Å²) in [6.45, 7) is 64.0. The molecule has 0 saturated heterocycles. The first-order chi connectivity index (χ1) is 51.7. The Kier molecular flexibility index (Phi) is 15.5. The Balaban J connectivity index is 1.03. The first-order valence-electron chi connectivity index (χ1n) is 41.1. The Labute approximate surface area is 664 Å². The van der Waals surface area contributed by atoms with Crippen LogP contribution in [0.25, 0.3) is 0 Å². The van der Waals surface area contributed by atoms with Crippen LogP contribution in [0.15, 0.2) is 188 Å². The fourth-order valence-corrected chi connectivity index (χ4v) is 19.0. The fourth-order valence-electron chi connectivity index (χ4n) is 19.0. The number of rotatable bonds is 4. The third-order valence-electron chi connectivity index (χ3n) is 25.6. The van der Waals surface area contributed by atoms with Gasteiger partial charge in [-0.1, -0.05) is 278 Å². The normalized spacial score (nSPS) is 15.3. The number of nitrogens with zero attached hydrogens (tertiary/aromatic N) is 5. The van der Waals surface area contributed by atoms with Crippen molar-refractivity contribution in [2.75, 3.05) is 24.5 Å². The molecule has 0 aliphatic carbocycles. The van der Waals surface area contributed by atoms with Gasteiger partial charge in [0, 0.05) is 73.9 Å². The van der Waals surface area contributed by atoms with Gasteiger partial charge in [0.05, 0.1) is 11.4 Å². The molecule has 0 atom stereocenters. The average molecular weight is 1460 g/mol. The molecule has 6 nitrogen and oxygen atoms in total. The van der Waals surface area contributed by atoms with Crippen LogP contribution in [0.3, 0.4) is 0 Å². The minimum atomic E-state index is -0.244. The molecule has 0 fully saturated rings. The molecule has 7 heterocycles. The van der Waals surface area contributed by atoms with Crippen molar-refractivity contribution in [3.8, 4) is 11.5 Å². The zero-order valence-electron chi connectivity index (χ0n) is 71.3. The van der Waals surface area contributed by atoms with E-state index in [1.54, 1.807) is 0 Å². The van der Waals surface area contributed by atoms with E-state index in [4.69, 9.17) is 4.74 Å². The molecule has 0 spiro atoms. The smallest absolute Gasteiger partial charge is 0.252 e. The molecule has 560 valence electrons. The van der Waals surface area contributed by atoms with Crippen LogP contribution in [0, 0.1) is 0 Å². The van der Waals surface area contributed by atoms with Crippen molar-refractivity contribution in [2.45, 2.75) is 236 Å². The molecule has 0 bridgehead atoms.